The quantitative estimate of drug-likeness (QED) is 0.729. The van der Waals surface area contributed by atoms with E-state index < -0.39 is 0 Å². The molecule has 1 aromatic carbocycles. The third kappa shape index (κ3) is 2.55. The third-order valence-electron chi connectivity index (χ3n) is 2.70. The number of ether oxygens (including phenoxy) is 1. The Labute approximate surface area is 97.6 Å². The maximum Gasteiger partial charge on any atom is 0.130 e. The van der Waals surface area contributed by atoms with E-state index in [0.29, 0.717) is 11.7 Å². The fourth-order valence-corrected chi connectivity index (χ4v) is 1.97. The molecule has 90 valence electrons. The monoisotopic (exact) mass is 224 g/mol. The van der Waals surface area contributed by atoms with Gasteiger partial charge in [-0.1, -0.05) is 34.6 Å². The van der Waals surface area contributed by atoms with Gasteiger partial charge in [-0.2, -0.15) is 0 Å². The summed E-state index contributed by atoms with van der Waals surface area (Å²) in [6.45, 7) is 10.2. The van der Waals surface area contributed by atoms with Gasteiger partial charge in [0.05, 0.1) is 7.11 Å². The summed E-state index contributed by atoms with van der Waals surface area (Å²) in [7, 11) is 1.57. The van der Waals surface area contributed by atoms with Crippen LogP contribution in [0.2, 0.25) is 0 Å². The Morgan fingerprint density at radius 1 is 1.19 bits per heavy atom. The van der Waals surface area contributed by atoms with Crippen LogP contribution < -0.4 is 4.74 Å². The molecule has 0 saturated carbocycles. The molecule has 0 aliphatic heterocycles. The van der Waals surface area contributed by atoms with Gasteiger partial charge in [-0.05, 0) is 28.5 Å². The summed E-state index contributed by atoms with van der Waals surface area (Å²) in [5.41, 5.74) is 1.64. The second-order valence-corrected chi connectivity index (χ2v) is 5.48. The predicted molar refractivity (Wildman–Crippen MR) is 65.7 cm³/mol. The van der Waals surface area contributed by atoms with Crippen molar-refractivity contribution in [2.24, 2.45) is 0 Å². The molecule has 0 unspecified atom stereocenters. The Hall–Kier alpha value is -1.05. The van der Waals surface area contributed by atoms with Gasteiger partial charge in [-0.3, -0.25) is 0 Å². The summed E-state index contributed by atoms with van der Waals surface area (Å²) in [4.78, 5) is 0. The van der Waals surface area contributed by atoms with Gasteiger partial charge in [-0.25, -0.2) is 4.39 Å². The lowest BCUT2D eigenvalue weighted by Gasteiger charge is -2.26. The average molecular weight is 224 g/mol. The summed E-state index contributed by atoms with van der Waals surface area (Å²) in [5.74, 6) is 0.712. The van der Waals surface area contributed by atoms with E-state index in [9.17, 15) is 4.39 Å². The first-order chi connectivity index (χ1) is 7.27. The SMILES string of the molecule is COc1cc(F)c(C(C)(C)C)c(C(C)C)c1. The molecule has 0 spiro atoms. The van der Waals surface area contributed by atoms with E-state index in [0.717, 1.165) is 11.1 Å². The Bertz CT molecular complexity index is 375. The molecule has 1 rings (SSSR count). The van der Waals surface area contributed by atoms with Crippen molar-refractivity contribution in [2.45, 2.75) is 46.0 Å². The lowest BCUT2D eigenvalue weighted by atomic mass is 9.80. The molecule has 0 aliphatic carbocycles. The molecule has 0 bridgehead atoms. The highest BCUT2D eigenvalue weighted by Gasteiger charge is 2.24. The minimum atomic E-state index is -0.185. The number of methoxy groups -OCH3 is 1. The lowest BCUT2D eigenvalue weighted by molar-refractivity contribution is 0.407. The van der Waals surface area contributed by atoms with Gasteiger partial charge >= 0.3 is 0 Å². The van der Waals surface area contributed by atoms with Crippen molar-refractivity contribution in [3.05, 3.63) is 29.1 Å². The van der Waals surface area contributed by atoms with E-state index in [1.807, 2.05) is 26.8 Å². The van der Waals surface area contributed by atoms with Crippen LogP contribution in [0.1, 0.15) is 51.7 Å². The second-order valence-electron chi connectivity index (χ2n) is 5.48. The molecule has 0 amide bonds. The third-order valence-corrected chi connectivity index (χ3v) is 2.70. The molecule has 0 N–H and O–H groups in total. The minimum absolute atomic E-state index is 0.171. The number of hydrogen-bond donors (Lipinski definition) is 0. The van der Waals surface area contributed by atoms with Crippen LogP contribution in [0.5, 0.6) is 5.75 Å². The molecule has 0 fully saturated rings. The number of benzene rings is 1. The van der Waals surface area contributed by atoms with Crippen LogP contribution in [-0.2, 0) is 5.41 Å². The van der Waals surface area contributed by atoms with Crippen molar-refractivity contribution < 1.29 is 9.13 Å². The fraction of sp³-hybridized carbons (Fsp3) is 0.571. The first kappa shape index (κ1) is 13.0. The van der Waals surface area contributed by atoms with Gasteiger partial charge in [0.1, 0.15) is 11.6 Å². The molecule has 2 heteroatoms. The zero-order chi connectivity index (χ0) is 12.5. The Kier molecular flexibility index (Phi) is 3.61. The van der Waals surface area contributed by atoms with Gasteiger partial charge in [0.25, 0.3) is 0 Å². The smallest absolute Gasteiger partial charge is 0.130 e. The van der Waals surface area contributed by atoms with Crippen LogP contribution in [0.25, 0.3) is 0 Å². The van der Waals surface area contributed by atoms with Crippen LogP contribution in [0.3, 0.4) is 0 Å². The summed E-state index contributed by atoms with van der Waals surface area (Å²) < 4.78 is 19.2. The standard InChI is InChI=1S/C14H21FO/c1-9(2)11-7-10(16-6)8-12(15)13(11)14(3,4)5/h7-9H,1-6H3. The van der Waals surface area contributed by atoms with Gasteiger partial charge in [0.15, 0.2) is 0 Å². The highest BCUT2D eigenvalue weighted by molar-refractivity contribution is 5.42. The molecular weight excluding hydrogens is 203 g/mol. The molecule has 0 heterocycles. The Morgan fingerprint density at radius 3 is 2.12 bits per heavy atom. The molecule has 0 atom stereocenters. The molecule has 16 heavy (non-hydrogen) atoms. The van der Waals surface area contributed by atoms with E-state index in [2.05, 4.69) is 13.8 Å². The molecule has 1 nitrogen and oxygen atoms in total. The number of rotatable bonds is 2. The maximum absolute atomic E-state index is 14.1. The molecule has 0 aliphatic rings. The van der Waals surface area contributed by atoms with Crippen molar-refractivity contribution in [3.63, 3.8) is 0 Å². The highest BCUT2D eigenvalue weighted by Crippen LogP contribution is 2.35. The van der Waals surface area contributed by atoms with Crippen molar-refractivity contribution in [2.75, 3.05) is 7.11 Å². The summed E-state index contributed by atoms with van der Waals surface area (Å²) in [6.07, 6.45) is 0. The molecular formula is C14H21FO. The zero-order valence-electron chi connectivity index (χ0n) is 11.0. The molecule has 0 aromatic heterocycles. The van der Waals surface area contributed by atoms with Gasteiger partial charge in [0, 0.05) is 6.07 Å². The average Bonchev–Trinajstić information content (AvgIpc) is 2.14. The number of hydrogen-bond acceptors (Lipinski definition) is 1. The summed E-state index contributed by atoms with van der Waals surface area (Å²) >= 11 is 0. The van der Waals surface area contributed by atoms with Gasteiger partial charge in [0.2, 0.25) is 0 Å². The predicted octanol–water partition coefficient (Wildman–Crippen LogP) is 4.26. The molecule has 1 aromatic rings. The van der Waals surface area contributed by atoms with E-state index >= 15 is 0 Å². The van der Waals surface area contributed by atoms with E-state index in [1.54, 1.807) is 7.11 Å². The Balaban J connectivity index is 3.46. The summed E-state index contributed by atoms with van der Waals surface area (Å²) in [6, 6.07) is 3.40. The van der Waals surface area contributed by atoms with Crippen LogP contribution in [0.15, 0.2) is 12.1 Å². The van der Waals surface area contributed by atoms with Crippen LogP contribution in [0, 0.1) is 5.82 Å². The topological polar surface area (TPSA) is 9.23 Å². The van der Waals surface area contributed by atoms with Gasteiger partial charge < -0.3 is 4.74 Å². The Morgan fingerprint density at radius 2 is 1.75 bits per heavy atom. The van der Waals surface area contributed by atoms with Crippen molar-refractivity contribution in [1.82, 2.24) is 0 Å². The number of halogens is 1. The highest BCUT2D eigenvalue weighted by atomic mass is 19.1. The first-order valence-corrected chi connectivity index (χ1v) is 5.65. The van der Waals surface area contributed by atoms with E-state index in [4.69, 9.17) is 4.74 Å². The van der Waals surface area contributed by atoms with Crippen molar-refractivity contribution in [3.8, 4) is 5.75 Å². The summed E-state index contributed by atoms with van der Waals surface area (Å²) in [5, 5.41) is 0. The first-order valence-electron chi connectivity index (χ1n) is 5.65. The maximum atomic E-state index is 14.1. The fourth-order valence-electron chi connectivity index (χ4n) is 1.97. The van der Waals surface area contributed by atoms with E-state index in [1.165, 1.54) is 6.07 Å². The van der Waals surface area contributed by atoms with Crippen LogP contribution in [-0.4, -0.2) is 7.11 Å². The lowest BCUT2D eigenvalue weighted by Crippen LogP contribution is -2.17. The van der Waals surface area contributed by atoms with E-state index in [-0.39, 0.29) is 11.2 Å². The normalized spacial score (nSPS) is 12.0. The second kappa shape index (κ2) is 4.44. The molecule has 0 saturated heterocycles. The zero-order valence-corrected chi connectivity index (χ0v) is 11.0. The van der Waals surface area contributed by atoms with Crippen LogP contribution >= 0.6 is 0 Å². The molecule has 0 radical (unpaired) electrons. The van der Waals surface area contributed by atoms with Gasteiger partial charge in [-0.15, -0.1) is 0 Å². The van der Waals surface area contributed by atoms with Crippen molar-refractivity contribution in [1.29, 1.82) is 0 Å². The van der Waals surface area contributed by atoms with Crippen molar-refractivity contribution >= 4 is 0 Å². The van der Waals surface area contributed by atoms with Crippen LogP contribution in [0.4, 0.5) is 4.39 Å². The largest absolute Gasteiger partial charge is 0.497 e. The minimum Gasteiger partial charge on any atom is -0.497 e.